The molecule has 0 saturated carbocycles. The number of aromatic nitrogens is 1. The van der Waals surface area contributed by atoms with E-state index in [1.807, 2.05) is 6.07 Å². The summed E-state index contributed by atoms with van der Waals surface area (Å²) in [6, 6.07) is 1.82. The van der Waals surface area contributed by atoms with Gasteiger partial charge in [-0.25, -0.2) is 0 Å². The lowest BCUT2D eigenvalue weighted by Gasteiger charge is -2.35. The Morgan fingerprint density at radius 3 is 2.74 bits per heavy atom. The van der Waals surface area contributed by atoms with Crippen molar-refractivity contribution in [2.45, 2.75) is 76.6 Å². The molecule has 2 heterocycles. The number of pyridine rings is 1. The minimum Gasteiger partial charge on any atom is -0.508 e. The number of carbonyl (C=O) groups excluding carboxylic acids is 1. The first-order valence-electron chi connectivity index (χ1n) is 9.76. The van der Waals surface area contributed by atoms with Crippen molar-refractivity contribution in [1.82, 2.24) is 4.98 Å². The highest BCUT2D eigenvalue weighted by Crippen LogP contribution is 2.53. The molecule has 3 rings (SSSR count). The number of carbonyl (C=O) groups is 1. The Morgan fingerprint density at radius 2 is 2.07 bits per heavy atom. The van der Waals surface area contributed by atoms with Gasteiger partial charge in [-0.1, -0.05) is 26.2 Å². The highest BCUT2D eigenvalue weighted by atomic mass is 16.6. The lowest BCUT2D eigenvalue weighted by Crippen LogP contribution is -2.39. The van der Waals surface area contributed by atoms with Crippen LogP contribution in [0, 0.1) is 5.92 Å². The van der Waals surface area contributed by atoms with Gasteiger partial charge >= 0.3 is 5.97 Å². The number of fused-ring (bicyclic) bond motifs is 3. The van der Waals surface area contributed by atoms with Gasteiger partial charge in [0.05, 0.1) is 18.1 Å². The summed E-state index contributed by atoms with van der Waals surface area (Å²) in [7, 11) is 0. The molecule has 148 valence electrons. The molecule has 1 fully saturated rings. The normalized spacial score (nSPS) is 28.8. The van der Waals surface area contributed by atoms with E-state index in [9.17, 15) is 20.1 Å². The van der Waals surface area contributed by atoms with Crippen LogP contribution in [-0.2, 0) is 16.0 Å². The van der Waals surface area contributed by atoms with Gasteiger partial charge in [0, 0.05) is 24.2 Å². The lowest BCUT2D eigenvalue weighted by atomic mass is 9.69. The van der Waals surface area contributed by atoms with Gasteiger partial charge in [0.2, 0.25) is 0 Å². The smallest absolute Gasteiger partial charge is 0.313 e. The lowest BCUT2D eigenvalue weighted by molar-refractivity contribution is -0.151. The third-order valence-corrected chi connectivity index (χ3v) is 5.72. The van der Waals surface area contributed by atoms with E-state index < -0.39 is 35.6 Å². The maximum absolute atomic E-state index is 12.6. The summed E-state index contributed by atoms with van der Waals surface area (Å²) in [5.41, 5.74) is 1.06. The molecule has 0 spiro atoms. The largest absolute Gasteiger partial charge is 0.508 e. The molecule has 3 N–H and O–H groups in total. The third-order valence-electron chi connectivity index (χ3n) is 5.72. The first kappa shape index (κ1) is 19.8. The van der Waals surface area contributed by atoms with Crippen molar-refractivity contribution in [3.8, 4) is 0 Å². The second-order valence-corrected chi connectivity index (χ2v) is 7.98. The zero-order valence-electron chi connectivity index (χ0n) is 16.2. The van der Waals surface area contributed by atoms with Crippen molar-refractivity contribution >= 4 is 12.0 Å². The summed E-state index contributed by atoms with van der Waals surface area (Å²) in [6.07, 6.45) is 5.72. The highest BCUT2D eigenvalue weighted by molar-refractivity contribution is 5.81. The molecule has 0 aromatic carbocycles. The van der Waals surface area contributed by atoms with E-state index in [1.54, 1.807) is 26.1 Å². The quantitative estimate of drug-likeness (QED) is 0.501. The van der Waals surface area contributed by atoms with Crippen LogP contribution in [-0.4, -0.2) is 44.1 Å². The van der Waals surface area contributed by atoms with E-state index >= 15 is 0 Å². The zero-order chi connectivity index (χ0) is 19.8. The fraction of sp³-hybridized carbons (Fsp3) is 0.619. The molecule has 1 aromatic rings. The summed E-state index contributed by atoms with van der Waals surface area (Å²) in [6.45, 7) is 5.47. The van der Waals surface area contributed by atoms with Crippen molar-refractivity contribution in [2.75, 3.05) is 0 Å². The number of hydrogen-bond acceptors (Lipinski definition) is 6. The number of nitrogens with zero attached hydrogens (tertiary/aromatic N) is 1. The number of ether oxygens (including phenoxy) is 1. The Bertz CT molecular complexity index is 744. The first-order valence-corrected chi connectivity index (χ1v) is 9.76. The summed E-state index contributed by atoms with van der Waals surface area (Å²) in [4.78, 5) is 17.0. The molecule has 1 aliphatic carbocycles. The van der Waals surface area contributed by atoms with Crippen LogP contribution in [0.5, 0.6) is 0 Å². The fourth-order valence-corrected chi connectivity index (χ4v) is 4.30. The molecular weight excluding hydrogens is 346 g/mol. The maximum Gasteiger partial charge on any atom is 0.313 e. The summed E-state index contributed by atoms with van der Waals surface area (Å²) >= 11 is 0. The van der Waals surface area contributed by atoms with E-state index in [0.717, 1.165) is 30.4 Å². The molecule has 27 heavy (non-hydrogen) atoms. The molecule has 0 bridgehead atoms. The number of aliphatic hydroxyl groups excluding tert-OH is 3. The molecule has 0 unspecified atom stereocenters. The number of aliphatic hydroxyl groups is 3. The molecule has 0 radical (unpaired) electrons. The van der Waals surface area contributed by atoms with Crippen LogP contribution in [0.2, 0.25) is 0 Å². The summed E-state index contributed by atoms with van der Waals surface area (Å²) in [5.74, 6) is -1.72. The van der Waals surface area contributed by atoms with Gasteiger partial charge in [-0.3, -0.25) is 9.78 Å². The van der Waals surface area contributed by atoms with Gasteiger partial charge in [-0.05, 0) is 43.5 Å². The second kappa shape index (κ2) is 7.60. The van der Waals surface area contributed by atoms with E-state index in [2.05, 4.69) is 11.9 Å². The molecule has 5 atom stereocenters. The molecule has 2 aliphatic rings. The number of hydrogen-bond donors (Lipinski definition) is 3. The molecule has 0 amide bonds. The molecule has 6 heteroatoms. The van der Waals surface area contributed by atoms with Crippen LogP contribution < -0.4 is 0 Å². The molecule has 1 saturated heterocycles. The number of esters is 1. The van der Waals surface area contributed by atoms with Gasteiger partial charge in [0.15, 0.2) is 5.60 Å². The van der Waals surface area contributed by atoms with Crippen molar-refractivity contribution in [2.24, 2.45) is 5.92 Å². The Kier molecular flexibility index (Phi) is 5.58. The summed E-state index contributed by atoms with van der Waals surface area (Å²) in [5, 5.41) is 31.0. The van der Waals surface area contributed by atoms with Gasteiger partial charge in [-0.15, -0.1) is 0 Å². The highest BCUT2D eigenvalue weighted by Gasteiger charge is 2.59. The van der Waals surface area contributed by atoms with E-state index in [4.69, 9.17) is 4.74 Å². The molecule has 1 aliphatic heterocycles. The predicted molar refractivity (Wildman–Crippen MR) is 101 cm³/mol. The Labute approximate surface area is 159 Å². The van der Waals surface area contributed by atoms with Crippen LogP contribution in [0.1, 0.15) is 69.2 Å². The fourth-order valence-electron chi connectivity index (χ4n) is 4.30. The average Bonchev–Trinajstić information content (AvgIpc) is 2.86. The average molecular weight is 375 g/mol. The maximum atomic E-state index is 12.6. The second-order valence-electron chi connectivity index (χ2n) is 7.98. The van der Waals surface area contributed by atoms with E-state index in [0.29, 0.717) is 18.5 Å². The predicted octanol–water partition coefficient (Wildman–Crippen LogP) is 2.87. The Hall–Kier alpha value is -1.92. The number of unbranched alkanes of at least 4 members (excludes halogenated alkanes) is 2. The molecule has 1 aromatic heterocycles. The van der Waals surface area contributed by atoms with Gasteiger partial charge < -0.3 is 20.1 Å². The van der Waals surface area contributed by atoms with Gasteiger partial charge in [-0.2, -0.15) is 0 Å². The van der Waals surface area contributed by atoms with Crippen molar-refractivity contribution in [1.29, 1.82) is 0 Å². The minimum atomic E-state index is -1.19. The Balaban J connectivity index is 1.97. The van der Waals surface area contributed by atoms with Gasteiger partial charge in [0.1, 0.15) is 5.76 Å². The van der Waals surface area contributed by atoms with Crippen molar-refractivity contribution in [3.63, 3.8) is 0 Å². The van der Waals surface area contributed by atoms with Crippen LogP contribution in [0.4, 0.5) is 0 Å². The van der Waals surface area contributed by atoms with E-state index in [1.165, 1.54) is 0 Å². The minimum absolute atomic E-state index is 0.0224. The van der Waals surface area contributed by atoms with Crippen LogP contribution in [0.3, 0.4) is 0 Å². The van der Waals surface area contributed by atoms with E-state index in [-0.39, 0.29) is 5.76 Å². The van der Waals surface area contributed by atoms with Crippen LogP contribution in [0.25, 0.3) is 6.08 Å². The first-order chi connectivity index (χ1) is 12.8. The van der Waals surface area contributed by atoms with Crippen LogP contribution >= 0.6 is 0 Å². The van der Waals surface area contributed by atoms with Crippen molar-refractivity contribution in [3.05, 3.63) is 34.8 Å². The van der Waals surface area contributed by atoms with Crippen LogP contribution in [0.15, 0.2) is 18.0 Å². The van der Waals surface area contributed by atoms with Crippen molar-refractivity contribution < 1.29 is 24.9 Å². The Morgan fingerprint density at radius 1 is 1.33 bits per heavy atom. The molecular formula is C21H29NO5. The standard InChI is InChI=1S/C21H29NO5/c1-4-5-6-7-16(24)18-19-15-11-22-14(8-12(2)23)9-13(15)10-17(25)21(19,3)27-20(18)26/h9-12,16,18-19,23-25H,4-8H2,1-3H3/t12-,16-,18-,19-,21-/m0/s1. The monoisotopic (exact) mass is 375 g/mol. The SMILES string of the molecule is CCCCC[C@H](O)[C@@H]1C(=O)O[C@@]2(C)C(O)=Cc3cc(C[C@H](C)O)ncc3[C@@H]12. The number of rotatable bonds is 7. The van der Waals surface area contributed by atoms with Gasteiger partial charge in [0.25, 0.3) is 0 Å². The zero-order valence-corrected chi connectivity index (χ0v) is 16.2. The third kappa shape index (κ3) is 3.60. The molecule has 6 nitrogen and oxygen atoms in total. The topological polar surface area (TPSA) is 99.9 Å². The summed E-state index contributed by atoms with van der Waals surface area (Å²) < 4.78 is 5.57.